The molecule has 0 fully saturated rings. The molecule has 0 aliphatic carbocycles. The van der Waals surface area contributed by atoms with Crippen molar-refractivity contribution >= 4 is 38.7 Å². The van der Waals surface area contributed by atoms with Gasteiger partial charge in [-0.3, -0.25) is 10.1 Å². The number of para-hydroxylation sites is 1. The first-order chi connectivity index (χ1) is 13.6. The number of hydrogen-bond donors (Lipinski definition) is 1. The van der Waals surface area contributed by atoms with Gasteiger partial charge in [-0.05, 0) is 30.3 Å². The van der Waals surface area contributed by atoms with Crippen molar-refractivity contribution in [2.75, 3.05) is 26.6 Å². The Balaban J connectivity index is 1.93. The van der Waals surface area contributed by atoms with Crippen LogP contribution in [0.4, 0.5) is 5.13 Å². The highest BCUT2D eigenvalue weighted by Crippen LogP contribution is 2.40. The monoisotopic (exact) mass is 395 g/mol. The van der Waals surface area contributed by atoms with Gasteiger partial charge in [0.15, 0.2) is 16.6 Å². The zero-order chi connectivity index (χ0) is 20.1. The SMILES string of the molecule is COc1ccc(/C=C(\C#N)C(=O)Nc2nc3ccccc3s2)c(OC)c1OC. The second-order valence-corrected chi connectivity index (χ2v) is 6.56. The average Bonchev–Trinajstić information content (AvgIpc) is 3.13. The Kier molecular flexibility index (Phi) is 5.77. The third-order valence-electron chi connectivity index (χ3n) is 3.91. The van der Waals surface area contributed by atoms with Gasteiger partial charge in [0, 0.05) is 5.56 Å². The molecule has 1 N–H and O–H groups in total. The molecule has 142 valence electrons. The van der Waals surface area contributed by atoms with Crippen LogP contribution in [0.2, 0.25) is 0 Å². The Morgan fingerprint density at radius 2 is 1.86 bits per heavy atom. The fraction of sp³-hybridized carbons (Fsp3) is 0.150. The minimum atomic E-state index is -0.557. The lowest BCUT2D eigenvalue weighted by molar-refractivity contribution is -0.112. The minimum absolute atomic E-state index is 0.0928. The number of anilines is 1. The molecule has 0 bridgehead atoms. The smallest absolute Gasteiger partial charge is 0.268 e. The lowest BCUT2D eigenvalue weighted by Gasteiger charge is -2.14. The minimum Gasteiger partial charge on any atom is -0.493 e. The van der Waals surface area contributed by atoms with Gasteiger partial charge in [0.05, 0.1) is 31.5 Å². The van der Waals surface area contributed by atoms with Gasteiger partial charge >= 0.3 is 0 Å². The first kappa shape index (κ1) is 19.2. The van der Waals surface area contributed by atoms with Gasteiger partial charge in [-0.2, -0.15) is 5.26 Å². The number of aromatic nitrogens is 1. The predicted molar refractivity (Wildman–Crippen MR) is 108 cm³/mol. The average molecular weight is 395 g/mol. The van der Waals surface area contributed by atoms with Gasteiger partial charge in [-0.25, -0.2) is 4.98 Å². The number of ether oxygens (including phenoxy) is 3. The number of rotatable bonds is 6. The number of carbonyl (C=O) groups is 1. The summed E-state index contributed by atoms with van der Waals surface area (Å²) in [6.07, 6.45) is 1.43. The Hall–Kier alpha value is -3.57. The Bertz CT molecular complexity index is 1070. The summed E-state index contributed by atoms with van der Waals surface area (Å²) < 4.78 is 16.9. The maximum atomic E-state index is 12.6. The van der Waals surface area contributed by atoms with Gasteiger partial charge in [0.1, 0.15) is 11.6 Å². The number of nitrogens with one attached hydrogen (secondary N) is 1. The summed E-state index contributed by atoms with van der Waals surface area (Å²) in [6, 6.07) is 12.8. The normalized spacial score (nSPS) is 11.0. The van der Waals surface area contributed by atoms with Gasteiger partial charge in [-0.15, -0.1) is 0 Å². The summed E-state index contributed by atoms with van der Waals surface area (Å²) in [5, 5.41) is 12.6. The van der Waals surface area contributed by atoms with E-state index >= 15 is 0 Å². The molecule has 8 heteroatoms. The third kappa shape index (κ3) is 3.75. The molecule has 0 atom stereocenters. The lowest BCUT2D eigenvalue weighted by atomic mass is 10.1. The van der Waals surface area contributed by atoms with Gasteiger partial charge in [0.2, 0.25) is 5.75 Å². The molecule has 1 aromatic heterocycles. The second-order valence-electron chi connectivity index (χ2n) is 5.53. The molecule has 0 aliphatic heterocycles. The molecule has 0 unspecified atom stereocenters. The molecule has 0 saturated heterocycles. The summed E-state index contributed by atoms with van der Waals surface area (Å²) in [4.78, 5) is 16.9. The molecule has 3 aromatic rings. The second kappa shape index (κ2) is 8.41. The maximum absolute atomic E-state index is 12.6. The van der Waals surface area contributed by atoms with Crippen LogP contribution < -0.4 is 19.5 Å². The molecular weight excluding hydrogens is 378 g/mol. The van der Waals surface area contributed by atoms with Crippen LogP contribution in [-0.4, -0.2) is 32.2 Å². The quantitative estimate of drug-likeness (QED) is 0.503. The zero-order valence-electron chi connectivity index (χ0n) is 15.5. The van der Waals surface area contributed by atoms with Gasteiger partial charge in [0.25, 0.3) is 5.91 Å². The third-order valence-corrected chi connectivity index (χ3v) is 4.87. The predicted octanol–water partition coefficient (Wildman–Crippen LogP) is 3.87. The van der Waals surface area contributed by atoms with E-state index in [1.54, 1.807) is 12.1 Å². The molecule has 0 aliphatic rings. The summed E-state index contributed by atoms with van der Waals surface area (Å²) in [7, 11) is 4.47. The molecule has 0 saturated carbocycles. The molecule has 7 nitrogen and oxygen atoms in total. The molecule has 1 amide bonds. The lowest BCUT2D eigenvalue weighted by Crippen LogP contribution is -2.13. The first-order valence-corrected chi connectivity index (χ1v) is 9.00. The van der Waals surface area contributed by atoms with E-state index in [-0.39, 0.29) is 5.57 Å². The topological polar surface area (TPSA) is 93.5 Å². The molecule has 0 radical (unpaired) electrons. The van der Waals surface area contributed by atoms with E-state index in [2.05, 4.69) is 10.3 Å². The Morgan fingerprint density at radius 3 is 2.50 bits per heavy atom. The number of fused-ring (bicyclic) bond motifs is 1. The van der Waals surface area contributed by atoms with E-state index < -0.39 is 5.91 Å². The molecule has 28 heavy (non-hydrogen) atoms. The number of amides is 1. The number of nitrogens with zero attached hydrogens (tertiary/aromatic N) is 2. The summed E-state index contributed by atoms with van der Waals surface area (Å²) in [5.74, 6) is 0.664. The number of nitriles is 1. The van der Waals surface area contributed by atoms with Crippen molar-refractivity contribution in [3.05, 3.63) is 47.5 Å². The Morgan fingerprint density at radius 1 is 1.11 bits per heavy atom. The van der Waals surface area contributed by atoms with E-state index in [9.17, 15) is 10.1 Å². The van der Waals surface area contributed by atoms with Crippen LogP contribution in [0.5, 0.6) is 17.2 Å². The van der Waals surface area contributed by atoms with Crippen LogP contribution in [0, 0.1) is 11.3 Å². The fourth-order valence-corrected chi connectivity index (χ4v) is 3.49. The van der Waals surface area contributed by atoms with Crippen LogP contribution in [0.1, 0.15) is 5.56 Å². The van der Waals surface area contributed by atoms with E-state index in [1.807, 2.05) is 30.3 Å². The zero-order valence-corrected chi connectivity index (χ0v) is 16.3. The van der Waals surface area contributed by atoms with Crippen molar-refractivity contribution in [3.8, 4) is 23.3 Å². The van der Waals surface area contributed by atoms with E-state index in [0.29, 0.717) is 27.9 Å². The fourth-order valence-electron chi connectivity index (χ4n) is 2.63. The highest BCUT2D eigenvalue weighted by molar-refractivity contribution is 7.22. The van der Waals surface area contributed by atoms with E-state index in [1.165, 1.54) is 38.7 Å². The maximum Gasteiger partial charge on any atom is 0.268 e. The van der Waals surface area contributed by atoms with E-state index in [4.69, 9.17) is 14.2 Å². The van der Waals surface area contributed by atoms with Crippen molar-refractivity contribution in [3.63, 3.8) is 0 Å². The molecule has 1 heterocycles. The molecule has 2 aromatic carbocycles. The summed E-state index contributed by atoms with van der Waals surface area (Å²) >= 11 is 1.34. The Labute approximate surface area is 165 Å². The molecule has 3 rings (SSSR count). The van der Waals surface area contributed by atoms with Crippen LogP contribution in [0.15, 0.2) is 42.0 Å². The number of hydrogen-bond acceptors (Lipinski definition) is 7. The number of methoxy groups -OCH3 is 3. The van der Waals surface area contributed by atoms with E-state index in [0.717, 1.165) is 10.2 Å². The largest absolute Gasteiger partial charge is 0.493 e. The summed E-state index contributed by atoms with van der Waals surface area (Å²) in [5.41, 5.74) is 1.20. The van der Waals surface area contributed by atoms with Crippen LogP contribution in [-0.2, 0) is 4.79 Å². The number of carbonyl (C=O) groups excluding carboxylic acids is 1. The molecule has 0 spiro atoms. The summed E-state index contributed by atoms with van der Waals surface area (Å²) in [6.45, 7) is 0. The first-order valence-electron chi connectivity index (χ1n) is 8.19. The molecular formula is C20H17N3O4S. The van der Waals surface area contributed by atoms with Crippen molar-refractivity contribution < 1.29 is 19.0 Å². The highest BCUT2D eigenvalue weighted by Gasteiger charge is 2.18. The van der Waals surface area contributed by atoms with Crippen molar-refractivity contribution in [2.24, 2.45) is 0 Å². The van der Waals surface area contributed by atoms with Crippen LogP contribution >= 0.6 is 11.3 Å². The van der Waals surface area contributed by atoms with Crippen LogP contribution in [0.3, 0.4) is 0 Å². The number of benzene rings is 2. The van der Waals surface area contributed by atoms with Crippen LogP contribution in [0.25, 0.3) is 16.3 Å². The van der Waals surface area contributed by atoms with Crippen molar-refractivity contribution in [1.29, 1.82) is 5.26 Å². The van der Waals surface area contributed by atoms with Gasteiger partial charge in [-0.1, -0.05) is 23.5 Å². The standard InChI is InChI=1S/C20H17N3O4S/c1-25-15-9-8-12(17(26-2)18(15)27-3)10-13(11-21)19(24)23-20-22-14-6-4-5-7-16(14)28-20/h4-10H,1-3H3,(H,22,23,24)/b13-10+. The number of thiazole rings is 1. The van der Waals surface area contributed by atoms with Gasteiger partial charge < -0.3 is 14.2 Å². The van der Waals surface area contributed by atoms with Crippen molar-refractivity contribution in [1.82, 2.24) is 4.98 Å². The van der Waals surface area contributed by atoms with Crippen molar-refractivity contribution in [2.45, 2.75) is 0 Å². The highest BCUT2D eigenvalue weighted by atomic mass is 32.1.